The van der Waals surface area contributed by atoms with E-state index in [4.69, 9.17) is 10.5 Å². The molecule has 0 radical (unpaired) electrons. The van der Waals surface area contributed by atoms with Crippen molar-refractivity contribution in [3.63, 3.8) is 0 Å². The van der Waals surface area contributed by atoms with Crippen LogP contribution in [0.15, 0.2) is 30.6 Å². The molecular weight excluding hydrogens is 371 g/mol. The van der Waals surface area contributed by atoms with Crippen LogP contribution in [0.2, 0.25) is 0 Å². The average Bonchev–Trinajstić information content (AvgIpc) is 2.64. The Kier molecular flexibility index (Phi) is 5.00. The maximum atomic E-state index is 15.6. The molecule has 0 saturated heterocycles. The predicted molar refractivity (Wildman–Crippen MR) is 110 cm³/mol. The standard InChI is InChI=1S/C21H23FN6O/c1-12-26-18(28(2)3)9-19(27-12)29-21-14(13-5-4-6-13)7-8-15(20(21)22)16-10-25-17(23)11-24-16/h7-11,13H,4-6H2,1-3H3,(H2,23,25). The highest BCUT2D eigenvalue weighted by Crippen LogP contribution is 2.45. The number of benzene rings is 1. The maximum Gasteiger partial charge on any atom is 0.224 e. The van der Waals surface area contributed by atoms with Gasteiger partial charge in [0.1, 0.15) is 17.5 Å². The Balaban J connectivity index is 1.79. The summed E-state index contributed by atoms with van der Waals surface area (Å²) in [4.78, 5) is 18.8. The molecule has 2 heterocycles. The summed E-state index contributed by atoms with van der Waals surface area (Å²) in [7, 11) is 3.76. The normalized spacial score (nSPS) is 13.8. The molecular formula is C21H23FN6O. The largest absolute Gasteiger partial charge is 0.435 e. The van der Waals surface area contributed by atoms with E-state index in [0.29, 0.717) is 28.8 Å². The lowest BCUT2D eigenvalue weighted by Gasteiger charge is -2.28. The molecule has 3 aromatic rings. The van der Waals surface area contributed by atoms with Crippen molar-refractivity contribution >= 4 is 11.6 Å². The Hall–Kier alpha value is -3.29. The van der Waals surface area contributed by atoms with E-state index >= 15 is 4.39 Å². The van der Waals surface area contributed by atoms with Gasteiger partial charge in [0.05, 0.1) is 18.1 Å². The van der Waals surface area contributed by atoms with Crippen molar-refractivity contribution in [2.45, 2.75) is 32.1 Å². The molecule has 1 aliphatic rings. The molecule has 0 atom stereocenters. The van der Waals surface area contributed by atoms with Gasteiger partial charge in [-0.3, -0.25) is 4.98 Å². The Bertz CT molecular complexity index is 1030. The molecule has 0 spiro atoms. The van der Waals surface area contributed by atoms with Gasteiger partial charge < -0.3 is 15.4 Å². The summed E-state index contributed by atoms with van der Waals surface area (Å²) in [5, 5.41) is 0. The smallest absolute Gasteiger partial charge is 0.224 e. The van der Waals surface area contributed by atoms with E-state index in [9.17, 15) is 0 Å². The second kappa shape index (κ2) is 7.62. The van der Waals surface area contributed by atoms with Gasteiger partial charge in [0.15, 0.2) is 11.6 Å². The van der Waals surface area contributed by atoms with Gasteiger partial charge >= 0.3 is 0 Å². The van der Waals surface area contributed by atoms with E-state index in [2.05, 4.69) is 19.9 Å². The number of nitrogens with two attached hydrogens (primary N) is 1. The lowest BCUT2D eigenvalue weighted by Crippen LogP contribution is -2.13. The Morgan fingerprint density at radius 2 is 1.93 bits per heavy atom. The highest BCUT2D eigenvalue weighted by Gasteiger charge is 2.27. The molecule has 1 saturated carbocycles. The van der Waals surface area contributed by atoms with Gasteiger partial charge in [-0.2, -0.15) is 4.98 Å². The third kappa shape index (κ3) is 3.83. The van der Waals surface area contributed by atoms with Crippen LogP contribution in [0.5, 0.6) is 11.6 Å². The van der Waals surface area contributed by atoms with Gasteiger partial charge in [-0.05, 0) is 31.7 Å². The molecule has 150 valence electrons. The monoisotopic (exact) mass is 394 g/mol. The topological polar surface area (TPSA) is 90.0 Å². The SMILES string of the molecule is Cc1nc(Oc2c(C3CCC3)ccc(-c3cnc(N)cn3)c2F)cc(N(C)C)n1. The average molecular weight is 394 g/mol. The van der Waals surface area contributed by atoms with Crippen LogP contribution in [0.4, 0.5) is 16.0 Å². The van der Waals surface area contributed by atoms with Crippen LogP contribution in [0, 0.1) is 12.7 Å². The third-order valence-electron chi connectivity index (χ3n) is 5.09. The molecule has 0 unspecified atom stereocenters. The van der Waals surface area contributed by atoms with Crippen molar-refractivity contribution in [3.05, 3.63) is 47.8 Å². The maximum absolute atomic E-state index is 15.6. The Labute approximate surface area is 168 Å². The lowest BCUT2D eigenvalue weighted by molar-refractivity contribution is 0.378. The van der Waals surface area contributed by atoms with Gasteiger partial charge in [-0.15, -0.1) is 0 Å². The quantitative estimate of drug-likeness (QED) is 0.697. The number of hydrogen-bond acceptors (Lipinski definition) is 7. The van der Waals surface area contributed by atoms with Crippen molar-refractivity contribution in [2.75, 3.05) is 24.7 Å². The summed E-state index contributed by atoms with van der Waals surface area (Å²) in [5.41, 5.74) is 7.17. The van der Waals surface area contributed by atoms with E-state index in [1.807, 2.05) is 25.1 Å². The summed E-state index contributed by atoms with van der Waals surface area (Å²) < 4.78 is 21.6. The zero-order chi connectivity index (χ0) is 20.5. The number of aryl methyl sites for hydroxylation is 1. The summed E-state index contributed by atoms with van der Waals surface area (Å²) >= 11 is 0. The van der Waals surface area contributed by atoms with E-state index in [1.165, 1.54) is 12.4 Å². The minimum absolute atomic E-state index is 0.189. The zero-order valence-electron chi connectivity index (χ0n) is 16.7. The number of aromatic nitrogens is 4. The van der Waals surface area contributed by atoms with Gasteiger partial charge in [0.2, 0.25) is 5.88 Å². The number of nitrogens with zero attached hydrogens (tertiary/aromatic N) is 5. The molecule has 4 rings (SSSR count). The van der Waals surface area contributed by atoms with Crippen LogP contribution in [0.25, 0.3) is 11.3 Å². The summed E-state index contributed by atoms with van der Waals surface area (Å²) in [6.45, 7) is 1.78. The number of anilines is 2. The van der Waals surface area contributed by atoms with Crippen molar-refractivity contribution in [2.24, 2.45) is 0 Å². The van der Waals surface area contributed by atoms with E-state index in [-0.39, 0.29) is 17.5 Å². The molecule has 1 fully saturated rings. The van der Waals surface area contributed by atoms with Gasteiger partial charge in [-0.1, -0.05) is 12.5 Å². The lowest BCUT2D eigenvalue weighted by atomic mass is 9.79. The molecule has 29 heavy (non-hydrogen) atoms. The first-order valence-electron chi connectivity index (χ1n) is 9.53. The summed E-state index contributed by atoms with van der Waals surface area (Å²) in [5.74, 6) is 1.83. The zero-order valence-corrected chi connectivity index (χ0v) is 16.7. The Morgan fingerprint density at radius 3 is 2.55 bits per heavy atom. The molecule has 0 aliphatic heterocycles. The first kappa shape index (κ1) is 19.0. The number of ether oxygens (including phenoxy) is 1. The van der Waals surface area contributed by atoms with Crippen LogP contribution in [-0.2, 0) is 0 Å². The van der Waals surface area contributed by atoms with Gasteiger partial charge in [0, 0.05) is 31.3 Å². The highest BCUT2D eigenvalue weighted by molar-refractivity contribution is 5.64. The molecule has 2 N–H and O–H groups in total. The minimum atomic E-state index is -0.476. The fraction of sp³-hybridized carbons (Fsp3) is 0.333. The van der Waals surface area contributed by atoms with Crippen LogP contribution in [0.1, 0.15) is 36.6 Å². The van der Waals surface area contributed by atoms with Gasteiger partial charge in [-0.25, -0.2) is 14.4 Å². The van der Waals surface area contributed by atoms with E-state index in [0.717, 1.165) is 24.8 Å². The number of halogens is 1. The number of nitrogen functional groups attached to an aromatic ring is 1. The third-order valence-corrected chi connectivity index (χ3v) is 5.09. The molecule has 0 amide bonds. The fourth-order valence-corrected chi connectivity index (χ4v) is 3.30. The minimum Gasteiger partial charge on any atom is -0.435 e. The first-order chi connectivity index (χ1) is 13.9. The highest BCUT2D eigenvalue weighted by atomic mass is 19.1. The predicted octanol–water partition coefficient (Wildman–Crippen LogP) is 4.09. The molecule has 1 aliphatic carbocycles. The molecule has 8 heteroatoms. The number of hydrogen-bond donors (Lipinski definition) is 1. The molecule has 0 bridgehead atoms. The molecule has 2 aromatic heterocycles. The van der Waals surface area contributed by atoms with Crippen molar-refractivity contribution in [1.29, 1.82) is 0 Å². The van der Waals surface area contributed by atoms with Crippen molar-refractivity contribution < 1.29 is 9.13 Å². The van der Waals surface area contributed by atoms with Crippen LogP contribution in [0.3, 0.4) is 0 Å². The van der Waals surface area contributed by atoms with Crippen molar-refractivity contribution in [1.82, 2.24) is 19.9 Å². The van der Waals surface area contributed by atoms with Crippen LogP contribution < -0.4 is 15.4 Å². The summed E-state index contributed by atoms with van der Waals surface area (Å²) in [6.07, 6.45) is 6.03. The second-order valence-electron chi connectivity index (χ2n) is 7.41. The van der Waals surface area contributed by atoms with E-state index in [1.54, 1.807) is 19.1 Å². The molecule has 7 nitrogen and oxygen atoms in total. The Morgan fingerprint density at radius 1 is 1.14 bits per heavy atom. The first-order valence-corrected chi connectivity index (χ1v) is 9.53. The summed E-state index contributed by atoms with van der Waals surface area (Å²) in [6, 6.07) is 5.34. The van der Waals surface area contributed by atoms with Crippen molar-refractivity contribution in [3.8, 4) is 22.9 Å². The van der Waals surface area contributed by atoms with E-state index < -0.39 is 5.82 Å². The van der Waals surface area contributed by atoms with Crippen LogP contribution in [-0.4, -0.2) is 34.0 Å². The molecule has 1 aromatic carbocycles. The van der Waals surface area contributed by atoms with Gasteiger partial charge in [0.25, 0.3) is 0 Å². The number of rotatable bonds is 5. The fourth-order valence-electron chi connectivity index (χ4n) is 3.30. The van der Waals surface area contributed by atoms with Crippen LogP contribution >= 0.6 is 0 Å². The second-order valence-corrected chi connectivity index (χ2v) is 7.41.